The normalized spacial score (nSPS) is 13.8. The van der Waals surface area contributed by atoms with E-state index in [0.29, 0.717) is 11.6 Å². The molecule has 0 aliphatic carbocycles. The summed E-state index contributed by atoms with van der Waals surface area (Å²) in [6, 6.07) is 10.7. The van der Waals surface area contributed by atoms with Gasteiger partial charge >= 0.3 is 0 Å². The fourth-order valence-electron chi connectivity index (χ4n) is 2.36. The summed E-state index contributed by atoms with van der Waals surface area (Å²) in [6.07, 6.45) is 4.11. The van der Waals surface area contributed by atoms with Gasteiger partial charge in [0, 0.05) is 11.2 Å². The van der Waals surface area contributed by atoms with Gasteiger partial charge < -0.3 is 5.32 Å². The maximum absolute atomic E-state index is 12.3. The number of hydrogen-bond donors (Lipinski definition) is 1. The van der Waals surface area contributed by atoms with Crippen LogP contribution in [0.5, 0.6) is 0 Å². The first-order valence-electron chi connectivity index (χ1n) is 7.51. The fraction of sp³-hybridized carbons (Fsp3) is 0.471. The molecule has 0 aliphatic heterocycles. The van der Waals surface area contributed by atoms with Crippen molar-refractivity contribution in [2.45, 2.75) is 44.9 Å². The molecule has 1 aromatic carbocycles. The van der Waals surface area contributed by atoms with E-state index in [-0.39, 0.29) is 5.91 Å². The first-order valence-corrected chi connectivity index (χ1v) is 10.1. The molecule has 2 nitrogen and oxygen atoms in total. The molecular formula is C17H27NOSi. The largest absolute Gasteiger partial charge is 0.352 e. The lowest BCUT2D eigenvalue weighted by molar-refractivity contribution is 0.0945. The van der Waals surface area contributed by atoms with E-state index in [0.717, 1.165) is 18.4 Å². The maximum atomic E-state index is 12.3. The van der Waals surface area contributed by atoms with Crippen LogP contribution >= 0.6 is 0 Å². The molecule has 3 heteroatoms. The van der Waals surface area contributed by atoms with Crippen LogP contribution in [-0.4, -0.2) is 20.4 Å². The number of amides is 1. The summed E-state index contributed by atoms with van der Waals surface area (Å²) in [7, 11) is -0.974. The van der Waals surface area contributed by atoms with Crippen molar-refractivity contribution in [3.05, 3.63) is 48.6 Å². The van der Waals surface area contributed by atoms with Crippen LogP contribution in [0.4, 0.5) is 0 Å². The van der Waals surface area contributed by atoms with E-state index in [1.165, 1.54) is 6.04 Å². The predicted molar refractivity (Wildman–Crippen MR) is 89.8 cm³/mol. The van der Waals surface area contributed by atoms with Gasteiger partial charge in [0.2, 0.25) is 0 Å². The molecule has 0 aliphatic rings. The van der Waals surface area contributed by atoms with Crippen LogP contribution in [0.3, 0.4) is 0 Å². The molecule has 0 saturated carbocycles. The summed E-state index contributed by atoms with van der Waals surface area (Å²) in [5.41, 5.74) is 1.12. The third-order valence-corrected chi connectivity index (χ3v) is 6.65. The van der Waals surface area contributed by atoms with Gasteiger partial charge in [-0.15, -0.1) is 6.58 Å². The van der Waals surface area contributed by atoms with Crippen molar-refractivity contribution in [3.63, 3.8) is 0 Å². The van der Waals surface area contributed by atoms with E-state index in [9.17, 15) is 4.79 Å². The number of rotatable bonds is 8. The Kier molecular flexibility index (Phi) is 7.30. The van der Waals surface area contributed by atoms with Crippen molar-refractivity contribution in [1.29, 1.82) is 0 Å². The second-order valence-corrected chi connectivity index (χ2v) is 9.26. The minimum Gasteiger partial charge on any atom is -0.352 e. The van der Waals surface area contributed by atoms with Crippen LogP contribution in [0.25, 0.3) is 0 Å². The minimum absolute atomic E-state index is 0.0641. The van der Waals surface area contributed by atoms with E-state index in [4.69, 9.17) is 0 Å². The highest BCUT2D eigenvalue weighted by atomic mass is 28.3. The van der Waals surface area contributed by atoms with Gasteiger partial charge in [0.25, 0.3) is 5.91 Å². The monoisotopic (exact) mass is 289 g/mol. The zero-order valence-corrected chi connectivity index (χ0v) is 14.1. The second-order valence-electron chi connectivity index (χ2n) is 5.92. The lowest BCUT2D eigenvalue weighted by atomic mass is 10.1. The van der Waals surface area contributed by atoms with Gasteiger partial charge in [-0.25, -0.2) is 0 Å². The average Bonchev–Trinajstić information content (AvgIpc) is 2.44. The summed E-state index contributed by atoms with van der Waals surface area (Å²) in [4.78, 5) is 12.3. The summed E-state index contributed by atoms with van der Waals surface area (Å²) < 4.78 is 0. The highest BCUT2D eigenvalue weighted by molar-refractivity contribution is 6.59. The van der Waals surface area contributed by atoms with Gasteiger partial charge in [-0.2, -0.15) is 0 Å². The van der Waals surface area contributed by atoms with Crippen molar-refractivity contribution in [1.82, 2.24) is 5.32 Å². The molecule has 2 unspecified atom stereocenters. The lowest BCUT2D eigenvalue weighted by Crippen LogP contribution is -2.45. The molecule has 1 amide bonds. The zero-order valence-electron chi connectivity index (χ0n) is 12.9. The molecule has 2 atom stereocenters. The molecule has 0 spiro atoms. The van der Waals surface area contributed by atoms with E-state index >= 15 is 0 Å². The number of hydrogen-bond acceptors (Lipinski definition) is 1. The number of carbonyl (C=O) groups is 1. The minimum atomic E-state index is -0.974. The van der Waals surface area contributed by atoms with Crippen molar-refractivity contribution in [2.75, 3.05) is 0 Å². The van der Waals surface area contributed by atoms with Crippen molar-refractivity contribution in [2.24, 2.45) is 5.92 Å². The van der Waals surface area contributed by atoms with Crippen LogP contribution in [0.2, 0.25) is 12.6 Å². The Morgan fingerprint density at radius 1 is 1.35 bits per heavy atom. The van der Waals surface area contributed by atoms with Gasteiger partial charge in [0.15, 0.2) is 0 Å². The summed E-state index contributed by atoms with van der Waals surface area (Å²) >= 11 is 0. The number of allylic oxidation sites excluding steroid dienone is 1. The van der Waals surface area contributed by atoms with Crippen LogP contribution in [-0.2, 0) is 0 Å². The molecule has 0 aromatic heterocycles. The van der Waals surface area contributed by atoms with Crippen molar-refractivity contribution in [3.8, 4) is 0 Å². The quantitative estimate of drug-likeness (QED) is 0.572. The summed E-state index contributed by atoms with van der Waals surface area (Å²) in [5.74, 6) is 0.670. The molecule has 110 valence electrons. The molecule has 0 saturated heterocycles. The van der Waals surface area contributed by atoms with Gasteiger partial charge in [0.1, 0.15) is 0 Å². The average molecular weight is 289 g/mol. The van der Waals surface area contributed by atoms with Gasteiger partial charge in [-0.05, 0) is 30.9 Å². The smallest absolute Gasteiger partial charge is 0.251 e. The molecule has 0 radical (unpaired) electrons. The topological polar surface area (TPSA) is 29.1 Å². The third-order valence-electron chi connectivity index (χ3n) is 3.59. The highest BCUT2D eigenvalue weighted by Crippen LogP contribution is 2.13. The Labute approximate surface area is 124 Å². The molecule has 0 heterocycles. The van der Waals surface area contributed by atoms with Gasteiger partial charge in [-0.1, -0.05) is 50.7 Å². The number of carbonyl (C=O) groups excluding carboxylic acids is 1. The second kappa shape index (κ2) is 8.75. The van der Waals surface area contributed by atoms with E-state index in [2.05, 4.69) is 32.3 Å². The highest BCUT2D eigenvalue weighted by Gasteiger charge is 2.21. The molecule has 20 heavy (non-hydrogen) atoms. The first-order chi connectivity index (χ1) is 9.54. The summed E-state index contributed by atoms with van der Waals surface area (Å²) in [5, 5.41) is 3.26. The molecule has 1 rings (SSSR count). The number of nitrogens with one attached hydrogen (secondary N) is 1. The Morgan fingerprint density at radius 2 is 2.00 bits per heavy atom. The van der Waals surface area contributed by atoms with E-state index in [1.807, 2.05) is 36.4 Å². The van der Waals surface area contributed by atoms with Crippen LogP contribution in [0.15, 0.2) is 43.0 Å². The maximum Gasteiger partial charge on any atom is 0.251 e. The SMILES string of the molecule is C=CCC[SiH](C)C(CC(C)C)NC(=O)c1ccccc1. The Hall–Kier alpha value is -1.35. The Bertz CT molecular complexity index is 416. The zero-order chi connectivity index (χ0) is 15.0. The Morgan fingerprint density at radius 3 is 2.55 bits per heavy atom. The molecule has 0 bridgehead atoms. The Balaban J connectivity index is 2.68. The lowest BCUT2D eigenvalue weighted by Gasteiger charge is -2.25. The van der Waals surface area contributed by atoms with Crippen LogP contribution < -0.4 is 5.32 Å². The summed E-state index contributed by atoms with van der Waals surface area (Å²) in [6.45, 7) is 10.6. The van der Waals surface area contributed by atoms with E-state index in [1.54, 1.807) is 0 Å². The molecule has 1 aromatic rings. The van der Waals surface area contributed by atoms with Crippen molar-refractivity contribution < 1.29 is 4.79 Å². The van der Waals surface area contributed by atoms with Crippen molar-refractivity contribution >= 4 is 14.7 Å². The molecule has 1 N–H and O–H groups in total. The van der Waals surface area contributed by atoms with Crippen LogP contribution in [0, 0.1) is 5.92 Å². The van der Waals surface area contributed by atoms with Gasteiger partial charge in [0.05, 0.1) is 8.80 Å². The molecule has 0 fully saturated rings. The first kappa shape index (κ1) is 16.7. The third kappa shape index (κ3) is 5.74. The predicted octanol–water partition coefficient (Wildman–Crippen LogP) is 3.80. The standard InChI is InChI=1S/C17H27NOSi/c1-5-6-12-20(4)16(13-14(2)3)18-17(19)15-10-8-7-9-11-15/h5,7-11,14,16,20H,1,6,12-13H2,2-4H3,(H,18,19). The number of benzene rings is 1. The van der Waals surface area contributed by atoms with E-state index < -0.39 is 8.80 Å². The van der Waals surface area contributed by atoms with Gasteiger partial charge in [-0.3, -0.25) is 4.79 Å². The fourth-order valence-corrected chi connectivity index (χ4v) is 4.97. The molecular weight excluding hydrogens is 262 g/mol. The van der Waals surface area contributed by atoms with Crippen LogP contribution in [0.1, 0.15) is 37.0 Å².